The number of fused-ring (bicyclic) bond motifs is 3. The van der Waals surface area contributed by atoms with Gasteiger partial charge in [0.2, 0.25) is 0 Å². The van der Waals surface area contributed by atoms with Gasteiger partial charge in [-0.2, -0.15) is 5.26 Å². The zero-order valence-corrected chi connectivity index (χ0v) is 38.7. The van der Waals surface area contributed by atoms with Gasteiger partial charge in [-0.05, 0) is 125 Å². The molecule has 0 radical (unpaired) electrons. The van der Waals surface area contributed by atoms with Crippen molar-refractivity contribution in [2.24, 2.45) is 0 Å². The summed E-state index contributed by atoms with van der Waals surface area (Å²) >= 11 is 0. The molecule has 0 amide bonds. The number of aromatic nitrogens is 3. The lowest BCUT2D eigenvalue weighted by atomic mass is 9.77. The summed E-state index contributed by atoms with van der Waals surface area (Å²) < 4.78 is 63.7. The lowest BCUT2D eigenvalue weighted by molar-refractivity contribution is 0.441. The van der Waals surface area contributed by atoms with Crippen molar-refractivity contribution < 1.29 is 12.6 Å². The minimum atomic E-state index is -2.53. The topological polar surface area (TPSA) is 75.6 Å². The number of benzene rings is 5. The van der Waals surface area contributed by atoms with Gasteiger partial charge in [0.05, 0.1) is 30.1 Å². The second-order valence-corrected chi connectivity index (χ2v) is 19.3. The van der Waals surface area contributed by atoms with Crippen LogP contribution in [0.15, 0.2) is 169 Å². The third-order valence-corrected chi connectivity index (χ3v) is 13.5. The summed E-state index contributed by atoms with van der Waals surface area (Å²) in [4.78, 5) is 14.4. The summed E-state index contributed by atoms with van der Waals surface area (Å²) in [5, 5.41) is 11.6. The maximum absolute atomic E-state index is 10.2. The lowest BCUT2D eigenvalue weighted by Gasteiger charge is -2.28. The molecular weight excluding hydrogens is 817 g/mol. The average molecular weight is 881 g/mol. The van der Waals surface area contributed by atoms with Crippen LogP contribution in [0.1, 0.15) is 118 Å². The average Bonchev–Trinajstić information content (AvgIpc) is 3.76. The third-order valence-electron chi connectivity index (χ3n) is 13.5. The van der Waals surface area contributed by atoms with E-state index in [4.69, 9.17) is 20.7 Å². The van der Waals surface area contributed by atoms with Crippen molar-refractivity contribution in [2.45, 2.75) is 102 Å². The van der Waals surface area contributed by atoms with E-state index in [-0.39, 0.29) is 22.7 Å². The molecule has 1 aliphatic rings. The number of para-hydroxylation sites is 1. The van der Waals surface area contributed by atoms with Gasteiger partial charge in [0.25, 0.3) is 0 Å². The number of hydrogen-bond donors (Lipinski definition) is 0. The molecule has 4 aromatic heterocycles. The van der Waals surface area contributed by atoms with Gasteiger partial charge < -0.3 is 4.42 Å². The zero-order valence-electron chi connectivity index (χ0n) is 44.7. The van der Waals surface area contributed by atoms with Crippen LogP contribution in [0.4, 0.5) is 0 Å². The Hall–Kier alpha value is -7.16. The predicted molar refractivity (Wildman–Crippen MR) is 274 cm³/mol. The molecule has 9 aromatic rings. The highest BCUT2D eigenvalue weighted by Crippen LogP contribution is 2.43. The number of hydrogen-bond acceptors (Lipinski definition) is 5. The maximum atomic E-state index is 10.2. The smallest absolute Gasteiger partial charge is 0.144 e. The molecule has 5 nitrogen and oxygen atoms in total. The fourth-order valence-corrected chi connectivity index (χ4v) is 9.84. The molecule has 10 rings (SSSR count). The fourth-order valence-electron chi connectivity index (χ4n) is 9.84. The first-order valence-corrected chi connectivity index (χ1v) is 23.4. The number of nitriles is 1. The van der Waals surface area contributed by atoms with E-state index < -0.39 is 29.5 Å². The molecular formula is C62H58N4O. The second-order valence-electron chi connectivity index (χ2n) is 19.3. The number of aryl methyl sites for hydroxylation is 2. The van der Waals surface area contributed by atoms with Crippen LogP contribution in [0, 0.1) is 11.3 Å². The maximum Gasteiger partial charge on any atom is 0.144 e. The molecule has 4 heterocycles. The molecule has 0 N–H and O–H groups in total. The largest absolute Gasteiger partial charge is 0.455 e. The Morgan fingerprint density at radius 3 is 1.70 bits per heavy atom. The molecule has 332 valence electrons. The Morgan fingerprint density at radius 2 is 1.15 bits per heavy atom. The van der Waals surface area contributed by atoms with Gasteiger partial charge >= 0.3 is 0 Å². The lowest BCUT2D eigenvalue weighted by Crippen LogP contribution is -2.23. The number of pyridine rings is 3. The molecule has 1 saturated carbocycles. The highest BCUT2D eigenvalue weighted by molar-refractivity contribution is 6.10. The second kappa shape index (κ2) is 18.6. The van der Waals surface area contributed by atoms with Gasteiger partial charge in [0.1, 0.15) is 11.2 Å². The van der Waals surface area contributed by atoms with E-state index in [0.717, 1.165) is 69.4 Å². The highest BCUT2D eigenvalue weighted by atomic mass is 16.3. The highest BCUT2D eigenvalue weighted by Gasteiger charge is 2.27. The molecule has 1 fully saturated rings. The van der Waals surface area contributed by atoms with E-state index in [0.29, 0.717) is 59.1 Å². The zero-order chi connectivity index (χ0) is 51.3. The van der Waals surface area contributed by atoms with Gasteiger partial charge in [-0.25, -0.2) is 0 Å². The third kappa shape index (κ3) is 9.32. The van der Waals surface area contributed by atoms with Crippen LogP contribution in [-0.2, 0) is 36.4 Å². The molecule has 0 bridgehead atoms. The summed E-state index contributed by atoms with van der Waals surface area (Å²) in [6.45, 7) is 8.64. The summed E-state index contributed by atoms with van der Waals surface area (Å²) in [5.41, 5.74) is 9.83. The Morgan fingerprint density at radius 1 is 0.597 bits per heavy atom. The van der Waals surface area contributed by atoms with Crippen molar-refractivity contribution in [1.29, 1.82) is 5.26 Å². The molecule has 1 aliphatic carbocycles. The molecule has 5 aromatic carbocycles. The van der Waals surface area contributed by atoms with Crippen LogP contribution in [0.5, 0.6) is 0 Å². The molecule has 0 saturated heterocycles. The van der Waals surface area contributed by atoms with Crippen LogP contribution in [0.3, 0.4) is 0 Å². The van der Waals surface area contributed by atoms with Crippen molar-refractivity contribution in [3.8, 4) is 39.8 Å². The first-order valence-electron chi connectivity index (χ1n) is 26.4. The normalized spacial score (nSPS) is 15.7. The number of rotatable bonds is 13. The summed E-state index contributed by atoms with van der Waals surface area (Å²) in [5.74, 6) is -1.05. The fraction of sp³-hybridized carbons (Fsp3) is 0.258. The first kappa shape index (κ1) is 37.0. The van der Waals surface area contributed by atoms with E-state index in [2.05, 4.69) is 52.0 Å². The SMILES string of the molecule is [2H]c1cc2c(oc3c(-c4ccc(C([2H])([2H])C([2H])([2H])c5cc(CC(C)(C)c6ccc(-c7ccccc7)nc6)cc(CC(C)(C)c6ccc(-c7ccccc7)nc6)c5)cn4)cccc32)c(C2([2H])CCCCC2)c1C#N. The van der Waals surface area contributed by atoms with Crippen molar-refractivity contribution in [2.75, 3.05) is 0 Å². The Kier molecular flexibility index (Phi) is 10.3. The van der Waals surface area contributed by atoms with Gasteiger partial charge in [0, 0.05) is 58.5 Å². The summed E-state index contributed by atoms with van der Waals surface area (Å²) in [7, 11) is 0. The monoisotopic (exact) mass is 880 g/mol. The molecule has 0 spiro atoms. The van der Waals surface area contributed by atoms with Gasteiger partial charge in [-0.15, -0.1) is 0 Å². The van der Waals surface area contributed by atoms with Gasteiger partial charge in [-0.3, -0.25) is 15.0 Å². The van der Waals surface area contributed by atoms with Crippen LogP contribution in [0.2, 0.25) is 0 Å². The number of nitrogens with zero attached hydrogens (tertiary/aromatic N) is 4. The standard InChI is InChI=1S/C62H58N4O/c1-61(2,50-27-31-55(65-40-50)46-15-8-5-9-16-46)36-44-33-43(34-45(35-44)37-62(3,4)51-28-32-56(66-41-51)47-17-10-6-11-18-47)24-23-42-25-30-57(64-39-42)54-22-14-21-52-53-29-26-49(38-63)58(60(53)67-59(52)54)48-19-12-7-13-20-48/h5-6,8-11,14-18,21-22,25-35,39-41,48H,7,12-13,19-20,23-24,36-37H2,1-4H3/i23D2,24D2,26D,48D. The quantitative estimate of drug-likeness (QED) is 0.115. The molecule has 5 heteroatoms. The van der Waals surface area contributed by atoms with E-state index in [1.807, 2.05) is 116 Å². The Bertz CT molecular complexity index is 3390. The van der Waals surface area contributed by atoms with Gasteiger partial charge in [-0.1, -0.05) is 156 Å². The minimum Gasteiger partial charge on any atom is -0.455 e. The van der Waals surface area contributed by atoms with Crippen molar-refractivity contribution in [1.82, 2.24) is 15.0 Å². The van der Waals surface area contributed by atoms with Gasteiger partial charge in [0.15, 0.2) is 0 Å². The Labute approximate surface area is 404 Å². The Balaban J connectivity index is 0.996. The minimum absolute atomic E-state index is 0.0663. The molecule has 0 unspecified atom stereocenters. The van der Waals surface area contributed by atoms with Crippen LogP contribution in [-0.4, -0.2) is 15.0 Å². The van der Waals surface area contributed by atoms with Crippen molar-refractivity contribution >= 4 is 21.9 Å². The summed E-state index contributed by atoms with van der Waals surface area (Å²) in [6.07, 6.45) is 5.19. The molecule has 0 atom stereocenters. The first-order chi connectivity index (χ1) is 34.9. The predicted octanol–water partition coefficient (Wildman–Crippen LogP) is 15.5. The van der Waals surface area contributed by atoms with Crippen molar-refractivity contribution in [3.63, 3.8) is 0 Å². The van der Waals surface area contributed by atoms with E-state index in [1.165, 1.54) is 6.20 Å². The van der Waals surface area contributed by atoms with Crippen molar-refractivity contribution in [3.05, 3.63) is 209 Å². The van der Waals surface area contributed by atoms with Crippen LogP contribution in [0.25, 0.3) is 55.7 Å². The molecule has 0 aliphatic heterocycles. The number of furan rings is 1. The molecule has 67 heavy (non-hydrogen) atoms. The van der Waals surface area contributed by atoms with Crippen LogP contribution >= 0.6 is 0 Å². The van der Waals surface area contributed by atoms with E-state index in [9.17, 15) is 12.1 Å². The van der Waals surface area contributed by atoms with E-state index in [1.54, 1.807) is 18.2 Å². The van der Waals surface area contributed by atoms with Crippen LogP contribution < -0.4 is 0 Å². The summed E-state index contributed by atoms with van der Waals surface area (Å²) in [6, 6.07) is 47.1. The van der Waals surface area contributed by atoms with E-state index >= 15 is 0 Å².